The molecule has 0 spiro atoms. The van der Waals surface area contributed by atoms with Crippen LogP contribution in [0, 0.1) is 0 Å². The molecule has 4 N–H and O–H groups in total. The quantitative estimate of drug-likeness (QED) is 0.529. The molecule has 6 heteroatoms. The lowest BCUT2D eigenvalue weighted by molar-refractivity contribution is 0.0958. The molecule has 0 bridgehead atoms. The lowest BCUT2D eigenvalue weighted by atomic mass is 10.6. The van der Waals surface area contributed by atoms with Gasteiger partial charge in [-0.25, -0.2) is 0 Å². The zero-order chi connectivity index (χ0) is 7.56. The second-order valence-corrected chi connectivity index (χ2v) is 1.58. The molecule has 0 aliphatic rings. The van der Waals surface area contributed by atoms with Crippen LogP contribution in [0.1, 0.15) is 16.5 Å². The first-order valence-corrected chi connectivity index (χ1v) is 2.56. The van der Waals surface area contributed by atoms with Crippen molar-refractivity contribution in [1.82, 2.24) is 10.1 Å². The number of amides is 1. The number of aromatic nitrogens is 2. The zero-order valence-corrected chi connectivity index (χ0v) is 5.07. The van der Waals surface area contributed by atoms with Gasteiger partial charge >= 0.3 is 11.8 Å². The second-order valence-electron chi connectivity index (χ2n) is 1.58. The Morgan fingerprint density at radius 3 is 2.70 bits per heavy atom. The first-order chi connectivity index (χ1) is 4.74. The maximum atomic E-state index is 10.3. The summed E-state index contributed by atoms with van der Waals surface area (Å²) in [5, 5.41) is 3.34. The summed E-state index contributed by atoms with van der Waals surface area (Å²) in [6, 6.07) is 0. The molecule has 54 valence electrons. The van der Waals surface area contributed by atoms with E-state index >= 15 is 0 Å². The Labute approximate surface area is 56.2 Å². The van der Waals surface area contributed by atoms with Gasteiger partial charge < -0.3 is 16.0 Å². The van der Waals surface area contributed by atoms with E-state index in [4.69, 9.17) is 11.5 Å². The van der Waals surface area contributed by atoms with Crippen LogP contribution in [0.3, 0.4) is 0 Å². The number of nitrogens with zero attached hydrogens (tertiary/aromatic N) is 2. The molecule has 1 aromatic heterocycles. The zero-order valence-electron chi connectivity index (χ0n) is 5.07. The van der Waals surface area contributed by atoms with E-state index in [0.717, 1.165) is 0 Å². The molecule has 0 atom stereocenters. The minimum absolute atomic E-state index is 0.136. The van der Waals surface area contributed by atoms with Crippen LogP contribution in [-0.2, 0) is 6.54 Å². The van der Waals surface area contributed by atoms with Crippen molar-refractivity contribution in [3.63, 3.8) is 0 Å². The smallest absolute Gasteiger partial charge is 0.315 e. The molecule has 0 aliphatic carbocycles. The SMILES string of the molecule is NCc1noc(C(N)=O)n1. The van der Waals surface area contributed by atoms with Gasteiger partial charge in [-0.05, 0) is 0 Å². The summed E-state index contributed by atoms with van der Waals surface area (Å²) in [6.07, 6.45) is 0. The lowest BCUT2D eigenvalue weighted by Crippen LogP contribution is -2.11. The predicted octanol–water partition coefficient (Wildman–Crippen LogP) is -1.37. The Bertz CT molecular complexity index is 243. The third kappa shape index (κ3) is 1.11. The first-order valence-electron chi connectivity index (χ1n) is 2.56. The summed E-state index contributed by atoms with van der Waals surface area (Å²) in [6.45, 7) is 0.136. The fraction of sp³-hybridized carbons (Fsp3) is 0.250. The van der Waals surface area contributed by atoms with Gasteiger partial charge in [0.2, 0.25) is 0 Å². The third-order valence-corrected chi connectivity index (χ3v) is 0.861. The minimum atomic E-state index is -0.743. The van der Waals surface area contributed by atoms with E-state index < -0.39 is 5.91 Å². The van der Waals surface area contributed by atoms with Crippen LogP contribution < -0.4 is 11.5 Å². The molecule has 0 fully saturated rings. The van der Waals surface area contributed by atoms with Crippen molar-refractivity contribution in [3.05, 3.63) is 11.7 Å². The fourth-order valence-corrected chi connectivity index (χ4v) is 0.437. The van der Waals surface area contributed by atoms with Crippen LogP contribution in [0.15, 0.2) is 4.52 Å². The van der Waals surface area contributed by atoms with Crippen LogP contribution >= 0.6 is 0 Å². The number of primary amides is 1. The summed E-state index contributed by atoms with van der Waals surface area (Å²) in [7, 11) is 0. The van der Waals surface area contributed by atoms with E-state index in [1.54, 1.807) is 0 Å². The minimum Gasteiger partial charge on any atom is -0.361 e. The number of hydrogen-bond acceptors (Lipinski definition) is 5. The van der Waals surface area contributed by atoms with Gasteiger partial charge in [0.15, 0.2) is 5.82 Å². The standard InChI is InChI=1S/C4H6N4O2/c5-1-2-7-4(3(6)9)10-8-2/h1,5H2,(H2,6,9). The van der Waals surface area contributed by atoms with Crippen molar-refractivity contribution in [2.24, 2.45) is 11.5 Å². The van der Waals surface area contributed by atoms with E-state index in [0.29, 0.717) is 0 Å². The Morgan fingerprint density at radius 1 is 1.70 bits per heavy atom. The van der Waals surface area contributed by atoms with Gasteiger partial charge in [-0.15, -0.1) is 0 Å². The molecule has 1 amide bonds. The van der Waals surface area contributed by atoms with E-state index in [2.05, 4.69) is 14.7 Å². The van der Waals surface area contributed by atoms with Gasteiger partial charge in [-0.3, -0.25) is 4.79 Å². The normalized spacial score (nSPS) is 9.70. The highest BCUT2D eigenvalue weighted by molar-refractivity contribution is 5.87. The molecule has 1 aromatic rings. The summed E-state index contributed by atoms with van der Waals surface area (Å²) in [4.78, 5) is 13.9. The van der Waals surface area contributed by atoms with Crippen molar-refractivity contribution in [2.45, 2.75) is 6.54 Å². The topological polar surface area (TPSA) is 108 Å². The van der Waals surface area contributed by atoms with Crippen molar-refractivity contribution < 1.29 is 9.32 Å². The first kappa shape index (κ1) is 6.69. The maximum absolute atomic E-state index is 10.3. The van der Waals surface area contributed by atoms with Gasteiger partial charge in [-0.1, -0.05) is 5.16 Å². The Balaban J connectivity index is 2.88. The number of hydrogen-bond donors (Lipinski definition) is 2. The second kappa shape index (κ2) is 2.44. The summed E-state index contributed by atoms with van der Waals surface area (Å²) < 4.78 is 4.40. The van der Waals surface area contributed by atoms with Crippen LogP contribution in [0.4, 0.5) is 0 Å². The fourth-order valence-electron chi connectivity index (χ4n) is 0.437. The van der Waals surface area contributed by atoms with Crippen molar-refractivity contribution in [2.75, 3.05) is 0 Å². The van der Waals surface area contributed by atoms with E-state index in [-0.39, 0.29) is 18.3 Å². The van der Waals surface area contributed by atoms with E-state index in [9.17, 15) is 4.79 Å². The van der Waals surface area contributed by atoms with Crippen LogP contribution in [0.5, 0.6) is 0 Å². The van der Waals surface area contributed by atoms with E-state index in [1.165, 1.54) is 0 Å². The molecule has 1 rings (SSSR count). The van der Waals surface area contributed by atoms with Crippen LogP contribution in [0.25, 0.3) is 0 Å². The molecule has 0 saturated carbocycles. The number of carbonyl (C=O) groups is 1. The Morgan fingerprint density at radius 2 is 2.40 bits per heavy atom. The summed E-state index contributed by atoms with van der Waals surface area (Å²) in [5.41, 5.74) is 9.93. The highest BCUT2D eigenvalue weighted by Crippen LogP contribution is 1.93. The van der Waals surface area contributed by atoms with Gasteiger partial charge in [0.1, 0.15) is 0 Å². The van der Waals surface area contributed by atoms with Gasteiger partial charge in [0, 0.05) is 0 Å². The van der Waals surface area contributed by atoms with Gasteiger partial charge in [0.05, 0.1) is 6.54 Å². The molecule has 0 radical (unpaired) electrons. The third-order valence-electron chi connectivity index (χ3n) is 0.861. The van der Waals surface area contributed by atoms with Crippen molar-refractivity contribution >= 4 is 5.91 Å². The summed E-state index contributed by atoms with van der Waals surface area (Å²) in [5.74, 6) is -0.679. The highest BCUT2D eigenvalue weighted by atomic mass is 16.5. The lowest BCUT2D eigenvalue weighted by Gasteiger charge is -1.78. The largest absolute Gasteiger partial charge is 0.361 e. The Kier molecular flexibility index (Phi) is 1.63. The molecule has 6 nitrogen and oxygen atoms in total. The van der Waals surface area contributed by atoms with Gasteiger partial charge in [0.25, 0.3) is 0 Å². The van der Waals surface area contributed by atoms with Gasteiger partial charge in [-0.2, -0.15) is 4.98 Å². The Hall–Kier alpha value is -1.43. The molecular formula is C4H6N4O2. The molecule has 10 heavy (non-hydrogen) atoms. The molecule has 0 saturated heterocycles. The molecule has 0 aliphatic heterocycles. The van der Waals surface area contributed by atoms with Crippen LogP contribution in [0.2, 0.25) is 0 Å². The average Bonchev–Trinajstić information content (AvgIpc) is 2.34. The number of nitrogens with two attached hydrogens (primary N) is 2. The molecule has 0 unspecified atom stereocenters. The van der Waals surface area contributed by atoms with E-state index in [1.807, 2.05) is 0 Å². The average molecular weight is 142 g/mol. The number of rotatable bonds is 2. The maximum Gasteiger partial charge on any atom is 0.315 e. The van der Waals surface area contributed by atoms with Crippen molar-refractivity contribution in [3.8, 4) is 0 Å². The monoisotopic (exact) mass is 142 g/mol. The molecule has 1 heterocycles. The molecule has 0 aromatic carbocycles. The highest BCUT2D eigenvalue weighted by Gasteiger charge is 2.08. The predicted molar refractivity (Wildman–Crippen MR) is 30.7 cm³/mol. The van der Waals surface area contributed by atoms with Crippen LogP contribution in [-0.4, -0.2) is 16.0 Å². The molecular weight excluding hydrogens is 136 g/mol. The number of carbonyl (C=O) groups excluding carboxylic acids is 1. The summed E-state index contributed by atoms with van der Waals surface area (Å²) >= 11 is 0. The van der Waals surface area contributed by atoms with Crippen molar-refractivity contribution in [1.29, 1.82) is 0 Å².